The average molecular weight is 422 g/mol. The summed E-state index contributed by atoms with van der Waals surface area (Å²) in [6.45, 7) is 5.66. The van der Waals surface area contributed by atoms with Crippen molar-refractivity contribution >= 4 is 10.0 Å². The molecule has 2 heterocycles. The molecule has 0 aliphatic carbocycles. The van der Waals surface area contributed by atoms with Gasteiger partial charge in [-0.3, -0.25) is 0 Å². The second kappa shape index (κ2) is 8.00. The highest BCUT2D eigenvalue weighted by molar-refractivity contribution is 7.89. The van der Waals surface area contributed by atoms with Crippen molar-refractivity contribution in [3.8, 4) is 5.69 Å². The molecule has 9 heteroatoms. The first-order valence-electron chi connectivity index (χ1n) is 9.20. The largest absolute Gasteiger partial charge is 0.352 e. The third kappa shape index (κ3) is 4.59. The Labute approximate surface area is 171 Å². The summed E-state index contributed by atoms with van der Waals surface area (Å²) in [6, 6.07) is 9.37. The summed E-state index contributed by atoms with van der Waals surface area (Å²) < 4.78 is 46.7. The molecule has 2 unspecified atom stereocenters. The Bertz CT molecular complexity index is 979. The maximum atomic E-state index is 13.2. The van der Waals surface area contributed by atoms with E-state index in [0.29, 0.717) is 5.69 Å². The molecule has 1 aromatic heterocycles. The van der Waals surface area contributed by atoms with Gasteiger partial charge in [0.15, 0.2) is 6.29 Å². The molecule has 2 atom stereocenters. The second-order valence-electron chi connectivity index (χ2n) is 7.79. The van der Waals surface area contributed by atoms with Gasteiger partial charge in [-0.25, -0.2) is 17.8 Å². The number of methoxy groups -OCH3 is 2. The summed E-state index contributed by atoms with van der Waals surface area (Å²) in [5.74, 6) is -1.23. The zero-order valence-corrected chi connectivity index (χ0v) is 18.1. The van der Waals surface area contributed by atoms with Crippen LogP contribution >= 0.6 is 0 Å². The number of nitrogens with one attached hydrogen (secondary N) is 1. The Morgan fingerprint density at radius 1 is 1.24 bits per heavy atom. The normalized spacial score (nSPS) is 22.3. The maximum Gasteiger partial charge on any atom is 0.244 e. The first-order chi connectivity index (χ1) is 13.6. The predicted octanol–water partition coefficient (Wildman–Crippen LogP) is 2.35. The summed E-state index contributed by atoms with van der Waals surface area (Å²) in [6.07, 6.45) is 4.25. The van der Waals surface area contributed by atoms with Crippen LogP contribution in [0.4, 0.5) is 0 Å². The lowest BCUT2D eigenvalue weighted by Crippen LogP contribution is -2.44. The van der Waals surface area contributed by atoms with E-state index in [0.717, 1.165) is 5.69 Å². The van der Waals surface area contributed by atoms with Gasteiger partial charge in [-0.15, -0.1) is 0 Å². The van der Waals surface area contributed by atoms with Crippen LogP contribution in [-0.2, 0) is 29.6 Å². The summed E-state index contributed by atoms with van der Waals surface area (Å²) >= 11 is 0. The topological polar surface area (TPSA) is 91.7 Å². The fraction of sp³-hybridized carbons (Fsp3) is 0.450. The summed E-state index contributed by atoms with van der Waals surface area (Å²) in [5, 5.41) is 4.56. The zero-order chi connectivity index (χ0) is 21.3. The van der Waals surface area contributed by atoms with Crippen LogP contribution in [-0.4, -0.2) is 51.0 Å². The van der Waals surface area contributed by atoms with Gasteiger partial charge in [-0.2, -0.15) is 5.10 Å². The van der Waals surface area contributed by atoms with Gasteiger partial charge < -0.3 is 14.2 Å². The number of para-hydroxylation sites is 1. The summed E-state index contributed by atoms with van der Waals surface area (Å²) in [7, 11) is -0.942. The van der Waals surface area contributed by atoms with E-state index in [-0.39, 0.29) is 11.4 Å². The highest BCUT2D eigenvalue weighted by atomic mass is 32.2. The van der Waals surface area contributed by atoms with Gasteiger partial charge in [0.1, 0.15) is 4.90 Å². The van der Waals surface area contributed by atoms with Crippen LogP contribution in [0.15, 0.2) is 53.6 Å². The monoisotopic (exact) mass is 421 g/mol. The Morgan fingerprint density at radius 3 is 2.48 bits per heavy atom. The molecule has 29 heavy (non-hydrogen) atoms. The number of aromatic nitrogens is 2. The molecule has 8 nitrogen and oxygen atoms in total. The van der Waals surface area contributed by atoms with Gasteiger partial charge in [-0.1, -0.05) is 39.0 Å². The van der Waals surface area contributed by atoms with Crippen molar-refractivity contribution in [1.82, 2.24) is 14.5 Å². The van der Waals surface area contributed by atoms with Gasteiger partial charge in [0.25, 0.3) is 0 Å². The fourth-order valence-corrected chi connectivity index (χ4v) is 4.36. The van der Waals surface area contributed by atoms with Crippen LogP contribution in [0.1, 0.15) is 26.5 Å². The Kier molecular flexibility index (Phi) is 5.98. The van der Waals surface area contributed by atoms with Crippen molar-refractivity contribution in [2.45, 2.75) is 43.2 Å². The van der Waals surface area contributed by atoms with Crippen LogP contribution < -0.4 is 4.72 Å². The molecule has 0 fully saturated rings. The molecule has 158 valence electrons. The fourth-order valence-electron chi connectivity index (χ4n) is 2.98. The number of nitrogens with zero attached hydrogens (tertiary/aromatic N) is 2. The van der Waals surface area contributed by atoms with Crippen molar-refractivity contribution < 1.29 is 22.6 Å². The molecule has 0 radical (unpaired) electrons. The molecule has 1 N–H and O–H groups in total. The quantitative estimate of drug-likeness (QED) is 0.690. The number of rotatable bonds is 7. The van der Waals surface area contributed by atoms with E-state index < -0.39 is 27.5 Å². The van der Waals surface area contributed by atoms with Gasteiger partial charge in [0.2, 0.25) is 15.8 Å². The van der Waals surface area contributed by atoms with E-state index in [1.165, 1.54) is 20.4 Å². The number of hydrogen-bond acceptors (Lipinski definition) is 6. The highest BCUT2D eigenvalue weighted by Gasteiger charge is 2.38. The predicted molar refractivity (Wildman–Crippen MR) is 108 cm³/mol. The minimum absolute atomic E-state index is 0.109. The van der Waals surface area contributed by atoms with Gasteiger partial charge >= 0.3 is 0 Å². The average Bonchev–Trinajstić information content (AvgIpc) is 3.33. The third-order valence-electron chi connectivity index (χ3n) is 4.61. The van der Waals surface area contributed by atoms with E-state index in [2.05, 4.69) is 9.82 Å². The summed E-state index contributed by atoms with van der Waals surface area (Å²) in [5.41, 5.74) is 0.768. The van der Waals surface area contributed by atoms with Crippen molar-refractivity contribution in [1.29, 1.82) is 0 Å². The lowest BCUT2D eigenvalue weighted by atomic mass is 9.92. The maximum absolute atomic E-state index is 13.2. The Morgan fingerprint density at radius 2 is 1.93 bits per heavy atom. The second-order valence-corrected chi connectivity index (χ2v) is 9.53. The van der Waals surface area contributed by atoms with Gasteiger partial charge in [0, 0.05) is 19.6 Å². The zero-order valence-electron chi connectivity index (χ0n) is 17.2. The van der Waals surface area contributed by atoms with Crippen molar-refractivity contribution in [3.05, 3.63) is 54.4 Å². The van der Waals surface area contributed by atoms with E-state index in [1.54, 1.807) is 16.8 Å². The minimum Gasteiger partial charge on any atom is -0.352 e. The molecule has 0 spiro atoms. The lowest BCUT2D eigenvalue weighted by molar-refractivity contribution is -0.237. The minimum atomic E-state index is -3.89. The Balaban J connectivity index is 1.92. The van der Waals surface area contributed by atoms with Gasteiger partial charge in [0.05, 0.1) is 24.1 Å². The SMILES string of the molecule is COC1C=CC(CNS(=O)(=O)c2cn(-c3ccccc3)nc2C(C)(C)C)(OC)O1. The number of hydrogen-bond donors (Lipinski definition) is 1. The van der Waals surface area contributed by atoms with E-state index >= 15 is 0 Å². The molecule has 1 aliphatic heterocycles. The number of benzene rings is 1. The molecule has 1 aliphatic rings. The van der Waals surface area contributed by atoms with Gasteiger partial charge in [-0.05, 0) is 24.3 Å². The van der Waals surface area contributed by atoms with Crippen molar-refractivity contribution in [3.63, 3.8) is 0 Å². The third-order valence-corrected chi connectivity index (χ3v) is 6.01. The molecule has 0 saturated carbocycles. The molecule has 2 aromatic rings. The standard InChI is InChI=1S/C20H27N3O5S/c1-19(2,3)18-16(13-23(22-18)15-9-7-6-8-10-15)29(24,25)21-14-20(27-5)12-11-17(26-4)28-20/h6-13,17,21H,14H2,1-5H3. The molecule has 0 amide bonds. The smallest absolute Gasteiger partial charge is 0.244 e. The first kappa shape index (κ1) is 21.7. The van der Waals surface area contributed by atoms with E-state index in [1.807, 2.05) is 51.1 Å². The van der Waals surface area contributed by atoms with E-state index in [9.17, 15) is 8.42 Å². The highest BCUT2D eigenvalue weighted by Crippen LogP contribution is 2.30. The molecular formula is C20H27N3O5S. The van der Waals surface area contributed by atoms with Crippen molar-refractivity contribution in [2.75, 3.05) is 20.8 Å². The lowest BCUT2D eigenvalue weighted by Gasteiger charge is -2.27. The first-order valence-corrected chi connectivity index (χ1v) is 10.7. The van der Waals surface area contributed by atoms with Crippen LogP contribution in [0.25, 0.3) is 5.69 Å². The van der Waals surface area contributed by atoms with Crippen LogP contribution in [0.2, 0.25) is 0 Å². The van der Waals surface area contributed by atoms with E-state index in [4.69, 9.17) is 14.2 Å². The van der Waals surface area contributed by atoms with Crippen molar-refractivity contribution in [2.24, 2.45) is 0 Å². The molecule has 0 bridgehead atoms. The molecule has 3 rings (SSSR count). The van der Waals surface area contributed by atoms with Crippen LogP contribution in [0, 0.1) is 0 Å². The molecular weight excluding hydrogens is 394 g/mol. The summed E-state index contributed by atoms with van der Waals surface area (Å²) in [4.78, 5) is 0.116. The number of ether oxygens (including phenoxy) is 3. The number of sulfonamides is 1. The molecule has 1 aromatic carbocycles. The van der Waals surface area contributed by atoms with Crippen LogP contribution in [0.5, 0.6) is 0 Å². The Hall–Kier alpha value is -2.04. The molecule has 0 saturated heterocycles. The van der Waals surface area contributed by atoms with Crippen LogP contribution in [0.3, 0.4) is 0 Å².